The fraction of sp³-hybridized carbons (Fsp3) is 0.200. The van der Waals surface area contributed by atoms with Gasteiger partial charge in [-0.15, -0.1) is 0 Å². The van der Waals surface area contributed by atoms with E-state index in [-0.39, 0.29) is 23.6 Å². The average molecular weight is 402 g/mol. The van der Waals surface area contributed by atoms with Crippen LogP contribution in [0.4, 0.5) is 4.39 Å². The standard InChI is InChI=1S/C25H23FN2O2/c1-3-22(25(29)30-2)24(17-7-5-4-6-8-17)18-9-14-23-19(15-18)16-27-28(23)21-12-10-20(26)11-13-21/h4-16,22,24H,3H2,1-2H3. The Hall–Kier alpha value is -3.47. The molecule has 0 saturated heterocycles. The second-order valence-electron chi connectivity index (χ2n) is 7.28. The van der Waals surface area contributed by atoms with E-state index >= 15 is 0 Å². The van der Waals surface area contributed by atoms with Crippen molar-refractivity contribution in [2.45, 2.75) is 19.3 Å². The maximum atomic E-state index is 13.3. The second kappa shape index (κ2) is 8.49. The van der Waals surface area contributed by atoms with Crippen LogP contribution in [0.2, 0.25) is 0 Å². The zero-order valence-electron chi connectivity index (χ0n) is 17.0. The van der Waals surface area contributed by atoms with E-state index in [9.17, 15) is 9.18 Å². The summed E-state index contributed by atoms with van der Waals surface area (Å²) in [5, 5.41) is 5.44. The van der Waals surface area contributed by atoms with Gasteiger partial charge in [0.05, 0.1) is 30.4 Å². The van der Waals surface area contributed by atoms with Gasteiger partial charge in [0.2, 0.25) is 0 Å². The van der Waals surface area contributed by atoms with Gasteiger partial charge in [0.1, 0.15) is 5.82 Å². The molecule has 0 amide bonds. The molecule has 1 heterocycles. The smallest absolute Gasteiger partial charge is 0.309 e. The fourth-order valence-electron chi connectivity index (χ4n) is 4.04. The Morgan fingerprint density at radius 3 is 2.43 bits per heavy atom. The maximum Gasteiger partial charge on any atom is 0.309 e. The van der Waals surface area contributed by atoms with Gasteiger partial charge in [-0.2, -0.15) is 5.10 Å². The van der Waals surface area contributed by atoms with Crippen LogP contribution in [-0.4, -0.2) is 22.9 Å². The average Bonchev–Trinajstić information content (AvgIpc) is 3.21. The number of carbonyl (C=O) groups excluding carboxylic acids is 1. The summed E-state index contributed by atoms with van der Waals surface area (Å²) in [7, 11) is 1.43. The largest absolute Gasteiger partial charge is 0.469 e. The number of halogens is 1. The van der Waals surface area contributed by atoms with Gasteiger partial charge >= 0.3 is 5.97 Å². The number of esters is 1. The summed E-state index contributed by atoms with van der Waals surface area (Å²) in [5.74, 6) is -0.908. The normalized spacial score (nSPS) is 13.2. The van der Waals surface area contributed by atoms with E-state index in [4.69, 9.17) is 4.74 Å². The molecular weight excluding hydrogens is 379 g/mol. The van der Waals surface area contributed by atoms with Crippen LogP contribution in [0.3, 0.4) is 0 Å². The monoisotopic (exact) mass is 402 g/mol. The van der Waals surface area contributed by atoms with Crippen molar-refractivity contribution in [1.82, 2.24) is 9.78 Å². The lowest BCUT2D eigenvalue weighted by Crippen LogP contribution is -2.24. The molecule has 30 heavy (non-hydrogen) atoms. The molecule has 0 saturated carbocycles. The molecular formula is C25H23FN2O2. The minimum atomic E-state index is -0.290. The number of benzene rings is 3. The van der Waals surface area contributed by atoms with Gasteiger partial charge in [0.25, 0.3) is 0 Å². The summed E-state index contributed by atoms with van der Waals surface area (Å²) in [6.07, 6.45) is 2.46. The molecule has 4 aromatic rings. The molecule has 0 aliphatic carbocycles. The van der Waals surface area contributed by atoms with Crippen LogP contribution in [0.15, 0.2) is 79.0 Å². The molecule has 152 valence electrons. The molecule has 0 spiro atoms. The summed E-state index contributed by atoms with van der Waals surface area (Å²) in [6, 6.07) is 22.4. The van der Waals surface area contributed by atoms with Crippen molar-refractivity contribution >= 4 is 16.9 Å². The summed E-state index contributed by atoms with van der Waals surface area (Å²) < 4.78 is 20.2. The van der Waals surface area contributed by atoms with Gasteiger partial charge < -0.3 is 4.74 Å². The van der Waals surface area contributed by atoms with E-state index in [0.29, 0.717) is 6.42 Å². The van der Waals surface area contributed by atoms with Gasteiger partial charge in [-0.3, -0.25) is 4.79 Å². The molecule has 0 radical (unpaired) electrons. The number of hydrogen-bond donors (Lipinski definition) is 0. The van der Waals surface area contributed by atoms with Gasteiger partial charge in [-0.25, -0.2) is 9.07 Å². The number of ether oxygens (including phenoxy) is 1. The van der Waals surface area contributed by atoms with E-state index in [1.165, 1.54) is 19.2 Å². The van der Waals surface area contributed by atoms with Crippen LogP contribution >= 0.6 is 0 Å². The number of fused-ring (bicyclic) bond motifs is 1. The van der Waals surface area contributed by atoms with Crippen molar-refractivity contribution < 1.29 is 13.9 Å². The third kappa shape index (κ3) is 3.71. The molecule has 0 fully saturated rings. The van der Waals surface area contributed by atoms with Crippen LogP contribution < -0.4 is 0 Å². The number of aromatic nitrogens is 2. The predicted octanol–water partition coefficient (Wildman–Crippen LogP) is 5.50. The van der Waals surface area contributed by atoms with Crippen molar-refractivity contribution in [3.63, 3.8) is 0 Å². The van der Waals surface area contributed by atoms with Gasteiger partial charge in [0, 0.05) is 11.3 Å². The minimum absolute atomic E-state index is 0.123. The Morgan fingerprint density at radius 1 is 1.03 bits per heavy atom. The fourth-order valence-corrected chi connectivity index (χ4v) is 4.04. The molecule has 0 aliphatic heterocycles. The summed E-state index contributed by atoms with van der Waals surface area (Å²) >= 11 is 0. The highest BCUT2D eigenvalue weighted by atomic mass is 19.1. The van der Waals surface area contributed by atoms with Crippen molar-refractivity contribution in [3.8, 4) is 5.69 Å². The van der Waals surface area contributed by atoms with Crippen molar-refractivity contribution in [3.05, 3.63) is 95.9 Å². The van der Waals surface area contributed by atoms with Crippen molar-refractivity contribution in [1.29, 1.82) is 0 Å². The molecule has 2 unspecified atom stereocenters. The second-order valence-corrected chi connectivity index (χ2v) is 7.28. The highest BCUT2D eigenvalue weighted by Crippen LogP contribution is 2.36. The van der Waals surface area contributed by atoms with Crippen LogP contribution in [0, 0.1) is 11.7 Å². The van der Waals surface area contributed by atoms with Crippen LogP contribution in [0.5, 0.6) is 0 Å². The molecule has 4 rings (SSSR count). The Balaban J connectivity index is 1.80. The van der Waals surface area contributed by atoms with E-state index in [1.54, 1.807) is 23.0 Å². The first kappa shape index (κ1) is 19.8. The molecule has 0 bridgehead atoms. The molecule has 4 nitrogen and oxygen atoms in total. The first-order valence-corrected chi connectivity index (χ1v) is 9.98. The Morgan fingerprint density at radius 2 is 1.77 bits per heavy atom. The minimum Gasteiger partial charge on any atom is -0.469 e. The first-order valence-electron chi connectivity index (χ1n) is 9.98. The predicted molar refractivity (Wildman–Crippen MR) is 115 cm³/mol. The third-order valence-electron chi connectivity index (χ3n) is 5.53. The lowest BCUT2D eigenvalue weighted by molar-refractivity contribution is -0.146. The van der Waals surface area contributed by atoms with Crippen LogP contribution in [0.25, 0.3) is 16.6 Å². The van der Waals surface area contributed by atoms with E-state index in [2.05, 4.69) is 11.2 Å². The molecule has 0 aliphatic rings. The topological polar surface area (TPSA) is 44.1 Å². The van der Waals surface area contributed by atoms with Gasteiger partial charge in [-0.1, -0.05) is 43.3 Å². The number of methoxy groups -OCH3 is 1. The third-order valence-corrected chi connectivity index (χ3v) is 5.53. The Kier molecular flexibility index (Phi) is 5.61. The number of carbonyl (C=O) groups is 1. The van der Waals surface area contributed by atoms with Crippen LogP contribution in [0.1, 0.15) is 30.4 Å². The van der Waals surface area contributed by atoms with Crippen molar-refractivity contribution in [2.24, 2.45) is 5.92 Å². The molecule has 3 aromatic carbocycles. The molecule has 1 aromatic heterocycles. The Labute approximate surface area is 174 Å². The number of nitrogens with zero attached hydrogens (tertiary/aromatic N) is 2. The van der Waals surface area contributed by atoms with E-state index in [1.807, 2.05) is 49.4 Å². The van der Waals surface area contributed by atoms with Gasteiger partial charge in [0.15, 0.2) is 0 Å². The number of rotatable bonds is 6. The zero-order chi connectivity index (χ0) is 21.1. The lowest BCUT2D eigenvalue weighted by atomic mass is 9.79. The van der Waals surface area contributed by atoms with E-state index < -0.39 is 0 Å². The molecule has 2 atom stereocenters. The lowest BCUT2D eigenvalue weighted by Gasteiger charge is -2.25. The highest BCUT2D eigenvalue weighted by Gasteiger charge is 2.30. The van der Waals surface area contributed by atoms with Gasteiger partial charge in [-0.05, 0) is 53.9 Å². The summed E-state index contributed by atoms with van der Waals surface area (Å²) in [4.78, 5) is 12.5. The molecule has 0 N–H and O–H groups in total. The summed E-state index contributed by atoms with van der Waals surface area (Å²) in [5.41, 5.74) is 3.81. The quantitative estimate of drug-likeness (QED) is 0.400. The highest BCUT2D eigenvalue weighted by molar-refractivity contribution is 5.82. The zero-order valence-corrected chi connectivity index (χ0v) is 17.0. The van der Waals surface area contributed by atoms with Crippen LogP contribution in [-0.2, 0) is 9.53 Å². The van der Waals surface area contributed by atoms with Crippen molar-refractivity contribution in [2.75, 3.05) is 7.11 Å². The first-order chi connectivity index (χ1) is 14.6. The number of hydrogen-bond acceptors (Lipinski definition) is 3. The molecule has 5 heteroatoms. The Bertz CT molecular complexity index is 1150. The summed E-state index contributed by atoms with van der Waals surface area (Å²) in [6.45, 7) is 2.00. The van der Waals surface area contributed by atoms with E-state index in [0.717, 1.165) is 27.7 Å². The maximum absolute atomic E-state index is 13.3. The SMILES string of the molecule is CCC(C(=O)OC)C(c1ccccc1)c1ccc2c(cnn2-c2ccc(F)cc2)c1.